The molecule has 2 nitrogen and oxygen atoms in total. The van der Waals surface area contributed by atoms with E-state index in [1.165, 1.54) is 6.92 Å². The van der Waals surface area contributed by atoms with E-state index >= 15 is 0 Å². The topological polar surface area (TPSA) is 18.5 Å². The Morgan fingerprint density at radius 3 is 2.56 bits per heavy atom. The van der Waals surface area contributed by atoms with Gasteiger partial charge in [-0.2, -0.15) is 0 Å². The van der Waals surface area contributed by atoms with Crippen LogP contribution in [0.4, 0.5) is 4.39 Å². The second-order valence-corrected chi connectivity index (χ2v) is 4.71. The number of benzene rings is 1. The Morgan fingerprint density at radius 2 is 2.00 bits per heavy atom. The molecule has 0 saturated carbocycles. The van der Waals surface area contributed by atoms with Crippen molar-refractivity contribution in [3.05, 3.63) is 29.8 Å². The minimum absolute atomic E-state index is 0.176. The Balaban J connectivity index is 2.60. The first-order valence-electron chi connectivity index (χ1n) is 5.40. The third-order valence-electron chi connectivity index (χ3n) is 1.87. The minimum Gasteiger partial charge on any atom is -0.461 e. The average Bonchev–Trinajstić information content (AvgIpc) is 2.13. The van der Waals surface area contributed by atoms with Gasteiger partial charge in [0.1, 0.15) is 5.75 Å². The van der Waals surface area contributed by atoms with Crippen molar-refractivity contribution < 1.29 is 13.9 Å². The Hall–Kier alpha value is -1.09. The molecule has 16 heavy (non-hydrogen) atoms. The van der Waals surface area contributed by atoms with Crippen LogP contribution in [0.25, 0.3) is 0 Å². The van der Waals surface area contributed by atoms with Crippen LogP contribution < -0.4 is 4.74 Å². The monoisotopic (exact) mass is 226 g/mol. The highest BCUT2D eigenvalue weighted by molar-refractivity contribution is 5.28. The molecule has 1 aromatic carbocycles. The summed E-state index contributed by atoms with van der Waals surface area (Å²) in [4.78, 5) is 0. The number of halogens is 1. The van der Waals surface area contributed by atoms with Crippen molar-refractivity contribution in [1.29, 1.82) is 0 Å². The third kappa shape index (κ3) is 5.12. The largest absolute Gasteiger partial charge is 0.461 e. The molecule has 0 amide bonds. The fourth-order valence-corrected chi connectivity index (χ4v) is 1.20. The Kier molecular flexibility index (Phi) is 4.30. The molecular weight excluding hydrogens is 207 g/mol. The van der Waals surface area contributed by atoms with Crippen LogP contribution in [0.1, 0.15) is 33.3 Å². The molecule has 0 radical (unpaired) electrons. The summed E-state index contributed by atoms with van der Waals surface area (Å²) in [6.07, 6.45) is -1.29. The van der Waals surface area contributed by atoms with Crippen molar-refractivity contribution in [1.82, 2.24) is 0 Å². The number of alkyl halides is 1. The molecular formula is C13H19FO2. The molecule has 0 spiro atoms. The number of rotatable bonds is 4. The summed E-state index contributed by atoms with van der Waals surface area (Å²) in [5, 5.41) is 0. The molecule has 1 unspecified atom stereocenters. The van der Waals surface area contributed by atoms with Crippen molar-refractivity contribution in [3.63, 3.8) is 0 Å². The number of ether oxygens (including phenoxy) is 2. The van der Waals surface area contributed by atoms with Gasteiger partial charge in [-0.1, -0.05) is 12.1 Å². The molecule has 0 N–H and O–H groups in total. The molecule has 0 saturated heterocycles. The number of hydrogen-bond donors (Lipinski definition) is 0. The van der Waals surface area contributed by atoms with E-state index in [0.717, 1.165) is 5.56 Å². The van der Waals surface area contributed by atoms with E-state index in [1.807, 2.05) is 32.9 Å². The molecule has 1 rings (SSSR count). The highest BCUT2D eigenvalue weighted by Gasteiger charge is 2.10. The van der Waals surface area contributed by atoms with Crippen LogP contribution in [0.15, 0.2) is 24.3 Å². The quantitative estimate of drug-likeness (QED) is 0.779. The molecule has 1 aromatic rings. The van der Waals surface area contributed by atoms with Crippen molar-refractivity contribution >= 4 is 0 Å². The summed E-state index contributed by atoms with van der Waals surface area (Å²) in [5.74, 6) is 0.532. The molecule has 0 aliphatic heterocycles. The molecule has 0 fully saturated rings. The van der Waals surface area contributed by atoms with Gasteiger partial charge in [0, 0.05) is 6.92 Å². The molecule has 0 bridgehead atoms. The maximum absolute atomic E-state index is 12.6. The summed E-state index contributed by atoms with van der Waals surface area (Å²) in [5.41, 5.74) is 0.803. The SMILES string of the molecule is CC(F)Oc1cccc(COC(C)(C)C)c1. The van der Waals surface area contributed by atoms with Crippen LogP contribution in [-0.2, 0) is 11.3 Å². The van der Waals surface area contributed by atoms with E-state index in [4.69, 9.17) is 9.47 Å². The van der Waals surface area contributed by atoms with Gasteiger partial charge in [0.15, 0.2) is 0 Å². The van der Waals surface area contributed by atoms with E-state index < -0.39 is 6.36 Å². The zero-order chi connectivity index (χ0) is 12.2. The van der Waals surface area contributed by atoms with Gasteiger partial charge in [-0.15, -0.1) is 0 Å². The lowest BCUT2D eigenvalue weighted by atomic mass is 10.2. The summed E-state index contributed by atoms with van der Waals surface area (Å²) < 4.78 is 23.2. The van der Waals surface area contributed by atoms with Gasteiger partial charge >= 0.3 is 0 Å². The van der Waals surface area contributed by atoms with Gasteiger partial charge in [0.05, 0.1) is 12.2 Å². The maximum atomic E-state index is 12.6. The Labute approximate surface area is 96.4 Å². The van der Waals surface area contributed by atoms with Crippen LogP contribution in [0.3, 0.4) is 0 Å². The zero-order valence-electron chi connectivity index (χ0n) is 10.3. The van der Waals surface area contributed by atoms with E-state index in [9.17, 15) is 4.39 Å². The lowest BCUT2D eigenvalue weighted by Gasteiger charge is -2.19. The van der Waals surface area contributed by atoms with Gasteiger partial charge in [-0.25, -0.2) is 4.39 Å². The average molecular weight is 226 g/mol. The van der Waals surface area contributed by atoms with Crippen molar-refractivity contribution in [2.24, 2.45) is 0 Å². The normalized spacial score (nSPS) is 13.6. The first kappa shape index (κ1) is 13.0. The van der Waals surface area contributed by atoms with E-state index in [2.05, 4.69) is 0 Å². The third-order valence-corrected chi connectivity index (χ3v) is 1.87. The highest BCUT2D eigenvalue weighted by atomic mass is 19.1. The van der Waals surface area contributed by atoms with E-state index in [0.29, 0.717) is 12.4 Å². The van der Waals surface area contributed by atoms with Crippen LogP contribution in [0, 0.1) is 0 Å². The maximum Gasteiger partial charge on any atom is 0.235 e. The fourth-order valence-electron chi connectivity index (χ4n) is 1.20. The number of hydrogen-bond acceptors (Lipinski definition) is 2. The first-order valence-corrected chi connectivity index (χ1v) is 5.40. The molecule has 90 valence electrons. The van der Waals surface area contributed by atoms with Gasteiger partial charge in [-0.05, 0) is 38.5 Å². The van der Waals surface area contributed by atoms with Gasteiger partial charge in [-0.3, -0.25) is 0 Å². The van der Waals surface area contributed by atoms with Crippen LogP contribution in [0.5, 0.6) is 5.75 Å². The molecule has 0 heterocycles. The minimum atomic E-state index is -1.29. The lowest BCUT2D eigenvalue weighted by Crippen LogP contribution is -2.18. The first-order chi connectivity index (χ1) is 7.37. The zero-order valence-corrected chi connectivity index (χ0v) is 10.3. The van der Waals surface area contributed by atoms with Crippen molar-refractivity contribution in [2.75, 3.05) is 0 Å². The standard InChI is InChI=1S/C13H19FO2/c1-10(14)16-12-7-5-6-11(8-12)9-15-13(2,3)4/h5-8,10H,9H2,1-4H3. The fraction of sp³-hybridized carbons (Fsp3) is 0.538. The summed E-state index contributed by atoms with van der Waals surface area (Å²) in [7, 11) is 0. The molecule has 0 aliphatic rings. The molecule has 0 aromatic heterocycles. The van der Waals surface area contributed by atoms with E-state index in [1.54, 1.807) is 12.1 Å². The Morgan fingerprint density at radius 1 is 1.31 bits per heavy atom. The lowest BCUT2D eigenvalue weighted by molar-refractivity contribution is -0.0151. The van der Waals surface area contributed by atoms with Crippen molar-refractivity contribution in [3.8, 4) is 5.75 Å². The Bertz CT molecular complexity index is 329. The molecule has 0 aliphatic carbocycles. The van der Waals surface area contributed by atoms with Crippen LogP contribution >= 0.6 is 0 Å². The van der Waals surface area contributed by atoms with Gasteiger partial charge in [0.25, 0.3) is 0 Å². The predicted octanol–water partition coefficient (Wildman–Crippen LogP) is 3.70. The smallest absolute Gasteiger partial charge is 0.235 e. The van der Waals surface area contributed by atoms with Gasteiger partial charge in [0.2, 0.25) is 6.36 Å². The highest BCUT2D eigenvalue weighted by Crippen LogP contribution is 2.18. The molecule has 3 heteroatoms. The second-order valence-electron chi connectivity index (χ2n) is 4.71. The molecule has 1 atom stereocenters. The summed E-state index contributed by atoms with van der Waals surface area (Å²) >= 11 is 0. The predicted molar refractivity (Wildman–Crippen MR) is 62.2 cm³/mol. The van der Waals surface area contributed by atoms with E-state index in [-0.39, 0.29) is 5.60 Å². The summed E-state index contributed by atoms with van der Waals surface area (Å²) in [6.45, 7) is 7.85. The second kappa shape index (κ2) is 5.30. The van der Waals surface area contributed by atoms with Crippen LogP contribution in [-0.4, -0.2) is 12.0 Å². The summed E-state index contributed by atoms with van der Waals surface area (Å²) in [6, 6.07) is 7.29. The van der Waals surface area contributed by atoms with Gasteiger partial charge < -0.3 is 9.47 Å². The van der Waals surface area contributed by atoms with Crippen molar-refractivity contribution in [2.45, 2.75) is 46.3 Å². The van der Waals surface area contributed by atoms with Crippen LogP contribution in [0.2, 0.25) is 0 Å².